The fourth-order valence-corrected chi connectivity index (χ4v) is 1.85. The largest absolute Gasteiger partial charge is 0.591 e. The highest BCUT2D eigenvalue weighted by Crippen LogP contribution is 2.40. The third-order valence-electron chi connectivity index (χ3n) is 2.25. The molecule has 1 aromatic carbocycles. The second-order valence-electron chi connectivity index (χ2n) is 4.97. The Kier molecular flexibility index (Phi) is 3.44. The first kappa shape index (κ1) is 14.1. The lowest BCUT2D eigenvalue weighted by Gasteiger charge is -2.17. The van der Waals surface area contributed by atoms with Gasteiger partial charge in [-0.05, 0) is 39.0 Å². The van der Waals surface area contributed by atoms with Gasteiger partial charge in [-0.15, -0.1) is 8.78 Å². The summed E-state index contributed by atoms with van der Waals surface area (Å²) in [6, 6.07) is 4.25. The number of benzene rings is 1. The molecule has 7 heteroatoms. The molecule has 19 heavy (non-hydrogen) atoms. The molecule has 1 aromatic rings. The van der Waals surface area contributed by atoms with Gasteiger partial charge in [0.15, 0.2) is 11.5 Å². The Morgan fingerprint density at radius 2 is 1.89 bits per heavy atom. The Bertz CT molecular complexity index is 514. The van der Waals surface area contributed by atoms with E-state index < -0.39 is 22.4 Å². The normalized spacial score (nSPS) is 18.8. The molecule has 0 amide bonds. The first-order valence-corrected chi connectivity index (χ1v) is 6.64. The Balaban J connectivity index is 2.15. The maximum atomic E-state index is 12.8. The van der Waals surface area contributed by atoms with Gasteiger partial charge in [-0.25, -0.2) is 0 Å². The van der Waals surface area contributed by atoms with E-state index in [2.05, 4.69) is 13.9 Å². The fourth-order valence-electron chi connectivity index (χ4n) is 1.31. The number of hydrogen-bond donors (Lipinski definition) is 0. The van der Waals surface area contributed by atoms with E-state index in [0.29, 0.717) is 5.56 Å². The van der Waals surface area contributed by atoms with E-state index in [1.165, 1.54) is 24.4 Å². The van der Waals surface area contributed by atoms with E-state index in [1.54, 1.807) is 20.8 Å². The zero-order valence-corrected chi connectivity index (χ0v) is 11.5. The molecule has 0 bridgehead atoms. The minimum atomic E-state index is -3.63. The van der Waals surface area contributed by atoms with E-state index in [1.807, 2.05) is 0 Å². The minimum absolute atomic E-state index is 0.0286. The third-order valence-corrected chi connectivity index (χ3v) is 3.59. The molecular weight excluding hydrogens is 276 g/mol. The number of halogens is 2. The predicted molar refractivity (Wildman–Crippen MR) is 68.1 cm³/mol. The summed E-state index contributed by atoms with van der Waals surface area (Å²) in [5.41, 5.74) is 0.512. The van der Waals surface area contributed by atoms with Crippen LogP contribution in [0.3, 0.4) is 0 Å². The summed E-state index contributed by atoms with van der Waals surface area (Å²) in [7, 11) is 0. The van der Waals surface area contributed by atoms with E-state index in [9.17, 15) is 13.3 Å². The van der Waals surface area contributed by atoms with E-state index in [4.69, 9.17) is 0 Å². The second kappa shape index (κ2) is 4.64. The zero-order valence-electron chi connectivity index (χ0n) is 10.6. The molecule has 0 saturated heterocycles. The zero-order chi connectivity index (χ0) is 14.3. The van der Waals surface area contributed by atoms with Crippen molar-refractivity contribution in [3.05, 3.63) is 23.8 Å². The highest BCUT2D eigenvalue weighted by molar-refractivity contribution is 7.91. The summed E-state index contributed by atoms with van der Waals surface area (Å²) in [6.07, 6.45) is -2.27. The van der Waals surface area contributed by atoms with Crippen molar-refractivity contribution in [2.24, 2.45) is 4.40 Å². The molecule has 4 nitrogen and oxygen atoms in total. The average molecular weight is 289 g/mol. The van der Waals surface area contributed by atoms with Crippen LogP contribution in [0.5, 0.6) is 11.5 Å². The van der Waals surface area contributed by atoms with Crippen molar-refractivity contribution in [2.45, 2.75) is 31.8 Å². The second-order valence-corrected chi connectivity index (χ2v) is 6.90. The van der Waals surface area contributed by atoms with Crippen LogP contribution in [0.4, 0.5) is 8.78 Å². The summed E-state index contributed by atoms with van der Waals surface area (Å²) < 4.78 is 49.3. The number of nitrogens with zero attached hydrogens (tertiary/aromatic N) is 1. The molecule has 0 aromatic heterocycles. The molecule has 0 N–H and O–H groups in total. The standard InChI is InChI=1S/C12H13F2NO3S/c1-11(2,3)19(16)15-7-8-4-5-9-10(6-8)18-12(13,14)17-9/h4-7H,1-3H3/t19-/m0/s1. The van der Waals surface area contributed by atoms with Crippen LogP contribution in [0.15, 0.2) is 22.6 Å². The SMILES string of the molecule is CC(C)(C)[S@+]([O-])N=Cc1ccc2c(c1)OC(F)(F)O2. The summed E-state index contributed by atoms with van der Waals surface area (Å²) >= 11 is -1.40. The van der Waals surface area contributed by atoms with Gasteiger partial charge in [-0.2, -0.15) is 0 Å². The Labute approximate surface area is 112 Å². The van der Waals surface area contributed by atoms with Crippen LogP contribution >= 0.6 is 0 Å². The molecule has 104 valence electrons. The topological polar surface area (TPSA) is 53.9 Å². The number of hydrogen-bond acceptors (Lipinski definition) is 4. The highest BCUT2D eigenvalue weighted by Gasteiger charge is 2.43. The van der Waals surface area contributed by atoms with E-state index in [-0.39, 0.29) is 11.5 Å². The van der Waals surface area contributed by atoms with Crippen LogP contribution in [-0.4, -0.2) is 21.8 Å². The van der Waals surface area contributed by atoms with Gasteiger partial charge >= 0.3 is 6.29 Å². The van der Waals surface area contributed by atoms with Crippen molar-refractivity contribution in [2.75, 3.05) is 0 Å². The number of rotatable bonds is 2. The lowest BCUT2D eigenvalue weighted by atomic mass is 10.2. The Morgan fingerprint density at radius 1 is 1.26 bits per heavy atom. The molecule has 0 aliphatic carbocycles. The molecule has 0 spiro atoms. The van der Waals surface area contributed by atoms with Crippen molar-refractivity contribution >= 4 is 17.6 Å². The van der Waals surface area contributed by atoms with Gasteiger partial charge in [0.2, 0.25) is 0 Å². The van der Waals surface area contributed by atoms with Crippen LogP contribution in [0, 0.1) is 0 Å². The number of alkyl halides is 2. The smallest absolute Gasteiger partial charge is 0.586 e. The molecule has 0 fully saturated rings. The third kappa shape index (κ3) is 3.36. The van der Waals surface area contributed by atoms with Crippen molar-refractivity contribution in [3.63, 3.8) is 0 Å². The maximum Gasteiger partial charge on any atom is 0.586 e. The lowest BCUT2D eigenvalue weighted by molar-refractivity contribution is -0.286. The van der Waals surface area contributed by atoms with Gasteiger partial charge in [-0.1, -0.05) is 4.40 Å². The van der Waals surface area contributed by atoms with Crippen LogP contribution in [0.25, 0.3) is 0 Å². The lowest BCUT2D eigenvalue weighted by Crippen LogP contribution is -2.26. The molecule has 0 saturated carbocycles. The van der Waals surface area contributed by atoms with Crippen LogP contribution < -0.4 is 9.47 Å². The summed E-state index contributed by atoms with van der Waals surface area (Å²) in [4.78, 5) is 0. The number of fused-ring (bicyclic) bond motifs is 1. The Morgan fingerprint density at radius 3 is 2.53 bits per heavy atom. The van der Waals surface area contributed by atoms with Crippen molar-refractivity contribution in [3.8, 4) is 11.5 Å². The summed E-state index contributed by atoms with van der Waals surface area (Å²) in [5.74, 6) is -0.0883. The van der Waals surface area contributed by atoms with Crippen molar-refractivity contribution < 1.29 is 22.8 Å². The van der Waals surface area contributed by atoms with Crippen LogP contribution in [0.2, 0.25) is 0 Å². The molecule has 0 radical (unpaired) electrons. The first-order valence-electron chi connectivity index (χ1n) is 5.53. The summed E-state index contributed by atoms with van der Waals surface area (Å²) in [6.45, 7) is 5.38. The van der Waals surface area contributed by atoms with Crippen molar-refractivity contribution in [1.29, 1.82) is 0 Å². The van der Waals surface area contributed by atoms with Gasteiger partial charge < -0.3 is 14.0 Å². The van der Waals surface area contributed by atoms with Gasteiger partial charge in [0.25, 0.3) is 0 Å². The summed E-state index contributed by atoms with van der Waals surface area (Å²) in [5, 5.41) is 0. The molecular formula is C12H13F2NO3S. The minimum Gasteiger partial charge on any atom is -0.591 e. The van der Waals surface area contributed by atoms with Gasteiger partial charge in [0.05, 0.1) is 6.21 Å². The highest BCUT2D eigenvalue weighted by atomic mass is 32.2. The van der Waals surface area contributed by atoms with Crippen LogP contribution in [0.1, 0.15) is 26.3 Å². The first-order chi connectivity index (χ1) is 8.67. The average Bonchev–Trinajstić information content (AvgIpc) is 2.57. The van der Waals surface area contributed by atoms with Gasteiger partial charge in [-0.3, -0.25) is 0 Å². The molecule has 1 aliphatic rings. The van der Waals surface area contributed by atoms with Gasteiger partial charge in [0.1, 0.15) is 16.1 Å². The fraction of sp³-hybridized carbons (Fsp3) is 0.417. The van der Waals surface area contributed by atoms with E-state index >= 15 is 0 Å². The monoisotopic (exact) mass is 289 g/mol. The molecule has 2 rings (SSSR count). The van der Waals surface area contributed by atoms with Crippen molar-refractivity contribution in [1.82, 2.24) is 0 Å². The molecule has 0 unspecified atom stereocenters. The molecule has 1 atom stereocenters. The van der Waals surface area contributed by atoms with E-state index in [0.717, 1.165) is 0 Å². The molecule has 1 aliphatic heterocycles. The Hall–Kier alpha value is -1.34. The quantitative estimate of drug-likeness (QED) is 0.621. The maximum absolute atomic E-state index is 12.8. The predicted octanol–water partition coefficient (Wildman–Crippen LogP) is 2.89. The van der Waals surface area contributed by atoms with Gasteiger partial charge in [0, 0.05) is 5.56 Å². The van der Waals surface area contributed by atoms with Crippen LogP contribution in [-0.2, 0) is 11.4 Å². The number of ether oxygens (including phenoxy) is 2. The molecule has 1 heterocycles.